The van der Waals surface area contributed by atoms with E-state index in [4.69, 9.17) is 14.2 Å². The Morgan fingerprint density at radius 2 is 1.81 bits per heavy atom. The molecule has 0 N–H and O–H groups in total. The summed E-state index contributed by atoms with van der Waals surface area (Å²) in [4.78, 5) is 35.5. The minimum Gasteiger partial charge on any atom is -0.487 e. The molecule has 1 aromatic carbocycles. The normalized spacial score (nSPS) is 18.6. The van der Waals surface area contributed by atoms with E-state index in [0.717, 1.165) is 67.4 Å². The molecule has 0 bridgehead atoms. The van der Waals surface area contributed by atoms with Crippen molar-refractivity contribution in [3.05, 3.63) is 46.6 Å². The molecular weight excluding hydrogens is 468 g/mol. The predicted molar refractivity (Wildman–Crippen MR) is 146 cm³/mol. The lowest BCUT2D eigenvalue weighted by molar-refractivity contribution is -0.151. The van der Waals surface area contributed by atoms with Crippen LogP contribution in [0.4, 0.5) is 0 Å². The topological polar surface area (TPSA) is 78.9 Å². The van der Waals surface area contributed by atoms with Crippen molar-refractivity contribution in [2.45, 2.75) is 112 Å². The SMILES string of the molecule is CC(=O)Oc1cc(C)c2c(c1)CC[C@@](C)(CC/C=C(\C)CCC[C@H](C)C(=O)[C@@H](C=C(C)C)OC(C)=O)O2. The van der Waals surface area contributed by atoms with Gasteiger partial charge in [0.15, 0.2) is 11.9 Å². The molecule has 0 spiro atoms. The summed E-state index contributed by atoms with van der Waals surface area (Å²) in [7, 11) is 0. The number of esters is 2. The van der Waals surface area contributed by atoms with Crippen molar-refractivity contribution in [1.82, 2.24) is 0 Å². The van der Waals surface area contributed by atoms with Crippen molar-refractivity contribution in [3.8, 4) is 11.5 Å². The van der Waals surface area contributed by atoms with Crippen LogP contribution in [0.2, 0.25) is 0 Å². The molecule has 37 heavy (non-hydrogen) atoms. The van der Waals surface area contributed by atoms with E-state index in [1.807, 2.05) is 39.8 Å². The summed E-state index contributed by atoms with van der Waals surface area (Å²) in [6, 6.07) is 3.77. The zero-order chi connectivity index (χ0) is 27.8. The third-order valence-electron chi connectivity index (χ3n) is 6.78. The Kier molecular flexibility index (Phi) is 11.1. The second-order valence-electron chi connectivity index (χ2n) is 10.9. The van der Waals surface area contributed by atoms with Gasteiger partial charge in [0.25, 0.3) is 0 Å². The summed E-state index contributed by atoms with van der Waals surface area (Å²) in [6.07, 6.45) is 9.41. The molecular formula is C31H44O6. The van der Waals surface area contributed by atoms with E-state index in [9.17, 15) is 14.4 Å². The van der Waals surface area contributed by atoms with E-state index in [1.165, 1.54) is 19.4 Å². The lowest BCUT2D eigenvalue weighted by Gasteiger charge is -2.37. The molecule has 6 heteroatoms. The fourth-order valence-electron chi connectivity index (χ4n) is 4.73. The molecule has 0 saturated heterocycles. The van der Waals surface area contributed by atoms with Gasteiger partial charge < -0.3 is 14.2 Å². The summed E-state index contributed by atoms with van der Waals surface area (Å²) >= 11 is 0. The second-order valence-corrected chi connectivity index (χ2v) is 10.9. The molecule has 0 unspecified atom stereocenters. The first kappa shape index (κ1) is 30.3. The number of allylic oxidation sites excluding steroid dienone is 3. The maximum absolute atomic E-state index is 12.8. The van der Waals surface area contributed by atoms with Crippen LogP contribution in [0.1, 0.15) is 98.1 Å². The highest BCUT2D eigenvalue weighted by Crippen LogP contribution is 2.40. The Bertz CT molecular complexity index is 1050. The highest BCUT2D eigenvalue weighted by atomic mass is 16.5. The highest BCUT2D eigenvalue weighted by molar-refractivity contribution is 5.88. The maximum Gasteiger partial charge on any atom is 0.308 e. The lowest BCUT2D eigenvalue weighted by atomic mass is 9.87. The molecule has 0 aromatic heterocycles. The van der Waals surface area contributed by atoms with Gasteiger partial charge in [0.05, 0.1) is 0 Å². The maximum atomic E-state index is 12.8. The van der Waals surface area contributed by atoms with Crippen molar-refractivity contribution in [2.24, 2.45) is 5.92 Å². The largest absolute Gasteiger partial charge is 0.487 e. The lowest BCUT2D eigenvalue weighted by Crippen LogP contribution is -2.36. The molecule has 1 aromatic rings. The van der Waals surface area contributed by atoms with Crippen molar-refractivity contribution >= 4 is 17.7 Å². The van der Waals surface area contributed by atoms with E-state index in [-0.39, 0.29) is 23.3 Å². The Labute approximate surface area is 222 Å². The first-order chi connectivity index (χ1) is 17.3. The molecule has 1 heterocycles. The number of benzene rings is 1. The minimum atomic E-state index is -0.799. The molecule has 204 valence electrons. The van der Waals surface area contributed by atoms with Gasteiger partial charge in [-0.3, -0.25) is 14.4 Å². The number of fused-ring (bicyclic) bond motifs is 1. The van der Waals surface area contributed by atoms with Gasteiger partial charge in [-0.1, -0.05) is 24.1 Å². The number of hydrogen-bond donors (Lipinski definition) is 0. The molecule has 1 aliphatic heterocycles. The van der Waals surface area contributed by atoms with Crippen LogP contribution in [0.25, 0.3) is 0 Å². The molecule has 6 nitrogen and oxygen atoms in total. The zero-order valence-electron chi connectivity index (χ0n) is 23.9. The number of Topliss-reactive ketones (excluding diaryl/α,β-unsaturated/α-hetero) is 1. The number of ketones is 1. The Hall–Kier alpha value is -2.89. The molecule has 0 fully saturated rings. The molecule has 0 aliphatic carbocycles. The van der Waals surface area contributed by atoms with Crippen LogP contribution in [0.15, 0.2) is 35.4 Å². The average Bonchev–Trinajstić information content (AvgIpc) is 2.77. The number of carbonyl (C=O) groups is 3. The molecule has 0 saturated carbocycles. The first-order valence-corrected chi connectivity index (χ1v) is 13.3. The second kappa shape index (κ2) is 13.6. The monoisotopic (exact) mass is 512 g/mol. The summed E-state index contributed by atoms with van der Waals surface area (Å²) in [5.41, 5.74) is 4.09. The van der Waals surface area contributed by atoms with Crippen LogP contribution in [-0.4, -0.2) is 29.4 Å². The fraction of sp³-hybridized carbons (Fsp3) is 0.581. The van der Waals surface area contributed by atoms with Gasteiger partial charge in [-0.25, -0.2) is 0 Å². The summed E-state index contributed by atoms with van der Waals surface area (Å²) in [6.45, 7) is 14.7. The quantitative estimate of drug-likeness (QED) is 0.170. The molecule has 3 atom stereocenters. The van der Waals surface area contributed by atoms with Crippen LogP contribution < -0.4 is 9.47 Å². The van der Waals surface area contributed by atoms with Crippen LogP contribution in [0.3, 0.4) is 0 Å². The number of hydrogen-bond acceptors (Lipinski definition) is 6. The molecule has 0 amide bonds. The zero-order valence-corrected chi connectivity index (χ0v) is 23.9. The third-order valence-corrected chi connectivity index (χ3v) is 6.78. The predicted octanol–water partition coefficient (Wildman–Crippen LogP) is 7.00. The summed E-state index contributed by atoms with van der Waals surface area (Å²) < 4.78 is 17.0. The van der Waals surface area contributed by atoms with Gasteiger partial charge in [-0.05, 0) is 109 Å². The van der Waals surface area contributed by atoms with Gasteiger partial charge in [0.2, 0.25) is 0 Å². The Morgan fingerprint density at radius 3 is 2.43 bits per heavy atom. The van der Waals surface area contributed by atoms with Gasteiger partial charge in [0, 0.05) is 19.8 Å². The van der Waals surface area contributed by atoms with E-state index < -0.39 is 12.1 Å². The highest BCUT2D eigenvalue weighted by Gasteiger charge is 2.32. The number of ether oxygens (including phenoxy) is 3. The van der Waals surface area contributed by atoms with E-state index in [1.54, 1.807) is 6.08 Å². The third kappa shape index (κ3) is 9.83. The number of aryl methyl sites for hydroxylation is 2. The van der Waals surface area contributed by atoms with Gasteiger partial charge >= 0.3 is 11.9 Å². The number of rotatable bonds is 12. The van der Waals surface area contributed by atoms with E-state index in [0.29, 0.717) is 5.75 Å². The van der Waals surface area contributed by atoms with Crippen LogP contribution in [0.5, 0.6) is 11.5 Å². The smallest absolute Gasteiger partial charge is 0.308 e. The van der Waals surface area contributed by atoms with Gasteiger partial charge in [0.1, 0.15) is 17.1 Å². The standard InChI is InChI=1S/C31H44O6/c1-20(2)17-28(36-25(7)33)29(34)22(4)13-9-11-21(3)12-10-15-31(8)16-14-26-19-27(35-24(6)32)18-23(5)30(26)37-31/h12,17-19,22,28H,9-11,13-16H2,1-8H3/b21-12+/t22-,28+,31+/m0/s1. The molecule has 1 aliphatic rings. The van der Waals surface area contributed by atoms with E-state index >= 15 is 0 Å². The Morgan fingerprint density at radius 1 is 1.11 bits per heavy atom. The summed E-state index contributed by atoms with van der Waals surface area (Å²) in [5, 5.41) is 0. The minimum absolute atomic E-state index is 0.0454. The van der Waals surface area contributed by atoms with Gasteiger partial charge in [-0.15, -0.1) is 0 Å². The van der Waals surface area contributed by atoms with Crippen LogP contribution in [0, 0.1) is 12.8 Å². The first-order valence-electron chi connectivity index (χ1n) is 13.3. The summed E-state index contributed by atoms with van der Waals surface area (Å²) in [5.74, 6) is 0.499. The van der Waals surface area contributed by atoms with Crippen LogP contribution in [-0.2, 0) is 25.5 Å². The average molecular weight is 513 g/mol. The van der Waals surface area contributed by atoms with Crippen molar-refractivity contribution < 1.29 is 28.6 Å². The Balaban J connectivity index is 1.85. The molecule has 2 rings (SSSR count). The van der Waals surface area contributed by atoms with E-state index in [2.05, 4.69) is 19.9 Å². The molecule has 0 radical (unpaired) electrons. The van der Waals surface area contributed by atoms with Crippen molar-refractivity contribution in [3.63, 3.8) is 0 Å². The van der Waals surface area contributed by atoms with Crippen molar-refractivity contribution in [1.29, 1.82) is 0 Å². The fourth-order valence-corrected chi connectivity index (χ4v) is 4.73. The number of carbonyl (C=O) groups excluding carboxylic acids is 3. The van der Waals surface area contributed by atoms with Crippen molar-refractivity contribution in [2.75, 3.05) is 0 Å². The van der Waals surface area contributed by atoms with Crippen LogP contribution >= 0.6 is 0 Å². The van der Waals surface area contributed by atoms with Gasteiger partial charge in [-0.2, -0.15) is 0 Å².